The van der Waals surface area contributed by atoms with Crippen LogP contribution in [0.15, 0.2) is 97.3 Å². The maximum Gasteiger partial charge on any atom is 0.251 e. The van der Waals surface area contributed by atoms with Crippen LogP contribution in [0.1, 0.15) is 75.3 Å². The van der Waals surface area contributed by atoms with E-state index in [9.17, 15) is 29.4 Å². The van der Waals surface area contributed by atoms with E-state index < -0.39 is 12.1 Å². The van der Waals surface area contributed by atoms with Crippen LogP contribution in [0.5, 0.6) is 11.5 Å². The van der Waals surface area contributed by atoms with Gasteiger partial charge >= 0.3 is 0 Å². The number of methoxy groups -OCH3 is 1. The predicted octanol–water partition coefficient (Wildman–Crippen LogP) is 6.76. The van der Waals surface area contributed by atoms with Crippen LogP contribution in [-0.4, -0.2) is 71.1 Å². The number of carbonyl (C=O) groups is 4. The van der Waals surface area contributed by atoms with Gasteiger partial charge in [0.1, 0.15) is 22.5 Å². The van der Waals surface area contributed by atoms with Gasteiger partial charge in [-0.2, -0.15) is 0 Å². The number of halogens is 2. The Morgan fingerprint density at radius 2 is 1.12 bits per heavy atom. The number of phenols is 2. The number of carbonyl (C=O) groups excluding carboxylic acids is 4. The largest absolute Gasteiger partial charge is 0.505 e. The number of nitrogens with one attached hydrogen (secondary N) is 4. The van der Waals surface area contributed by atoms with Gasteiger partial charge in [-0.15, -0.1) is 0 Å². The molecule has 6 aromatic rings. The number of pyridine rings is 2. The Labute approximate surface area is 344 Å². The zero-order valence-corrected chi connectivity index (χ0v) is 33.6. The summed E-state index contributed by atoms with van der Waals surface area (Å²) in [5.74, 6) is -1.06. The zero-order valence-electron chi connectivity index (χ0n) is 32.1. The lowest BCUT2D eigenvalue weighted by Crippen LogP contribution is -2.27. The van der Waals surface area contributed by atoms with Crippen molar-refractivity contribution in [2.45, 2.75) is 32.4 Å². The molecular weight excluding hydrogens is 783 g/mol. The maximum absolute atomic E-state index is 12.3. The number of benzene rings is 4. The molecule has 0 aliphatic heterocycles. The van der Waals surface area contributed by atoms with Crippen molar-refractivity contribution in [1.29, 1.82) is 0 Å². The van der Waals surface area contributed by atoms with Gasteiger partial charge in [-0.05, 0) is 78.2 Å². The van der Waals surface area contributed by atoms with Crippen LogP contribution in [0.3, 0.4) is 0 Å². The summed E-state index contributed by atoms with van der Waals surface area (Å²) in [7, 11) is 3.17. The normalized spacial score (nSPS) is 11.8. The molecule has 4 aromatic carbocycles. The molecule has 2 aromatic heterocycles. The van der Waals surface area contributed by atoms with E-state index in [1.807, 2.05) is 0 Å². The fraction of sp³-hybridized carbons (Fsp3) is 0.209. The summed E-state index contributed by atoms with van der Waals surface area (Å²) in [5, 5.41) is 34.7. The summed E-state index contributed by atoms with van der Waals surface area (Å²) in [6.45, 7) is 3.88. The molecule has 0 saturated carbocycles. The van der Waals surface area contributed by atoms with Crippen molar-refractivity contribution in [3.8, 4) is 11.5 Å². The first kappa shape index (κ1) is 42.9. The summed E-state index contributed by atoms with van der Waals surface area (Å²) in [6.07, 6.45) is 3.85. The Balaban J connectivity index is 0.000000223. The van der Waals surface area contributed by atoms with E-state index in [1.165, 1.54) is 13.8 Å². The lowest BCUT2D eigenvalue weighted by atomic mass is 9.95. The first-order chi connectivity index (χ1) is 27.8. The summed E-state index contributed by atoms with van der Waals surface area (Å²) in [6, 6.07) is 22.5. The van der Waals surface area contributed by atoms with Crippen LogP contribution >= 0.6 is 23.2 Å². The second-order valence-electron chi connectivity index (χ2n) is 13.1. The Hall–Kier alpha value is -6.28. The molecule has 300 valence electrons. The smallest absolute Gasteiger partial charge is 0.251 e. The van der Waals surface area contributed by atoms with Gasteiger partial charge in [-0.3, -0.25) is 29.1 Å². The fourth-order valence-corrected chi connectivity index (χ4v) is 6.80. The van der Waals surface area contributed by atoms with E-state index >= 15 is 0 Å². The highest BCUT2D eigenvalue weighted by Crippen LogP contribution is 2.40. The second kappa shape index (κ2) is 19.7. The van der Waals surface area contributed by atoms with Crippen LogP contribution in [0.4, 0.5) is 0 Å². The van der Waals surface area contributed by atoms with Crippen LogP contribution in [-0.2, 0) is 14.3 Å². The van der Waals surface area contributed by atoms with Gasteiger partial charge in [0.15, 0.2) is 0 Å². The SMILES string of the molecule is CNC(=O)c1ccc(C(NC(C)=O)c2cc(Cl)c3cccnc3c2O)cc1.COCCCNC(=O)c1ccc(C(NC(C)=O)c2cc(Cl)c3cccnc3c2O)cc1. The number of ether oxygens (including phenoxy) is 1. The molecule has 0 bridgehead atoms. The summed E-state index contributed by atoms with van der Waals surface area (Å²) >= 11 is 12.8. The lowest BCUT2D eigenvalue weighted by molar-refractivity contribution is -0.120. The molecule has 0 spiro atoms. The number of rotatable bonds is 12. The highest BCUT2D eigenvalue weighted by Gasteiger charge is 2.24. The number of hydrogen-bond acceptors (Lipinski definition) is 9. The third-order valence-electron chi connectivity index (χ3n) is 9.06. The first-order valence-electron chi connectivity index (χ1n) is 18.1. The van der Waals surface area contributed by atoms with Gasteiger partial charge in [0.05, 0.1) is 22.1 Å². The minimum absolute atomic E-state index is 0.0517. The Bertz CT molecular complexity index is 2450. The van der Waals surface area contributed by atoms with E-state index in [-0.39, 0.29) is 35.1 Å². The van der Waals surface area contributed by atoms with Gasteiger partial charge in [-0.25, -0.2) is 0 Å². The Morgan fingerprint density at radius 1 is 0.690 bits per heavy atom. The van der Waals surface area contributed by atoms with E-state index in [4.69, 9.17) is 27.9 Å². The van der Waals surface area contributed by atoms with Crippen LogP contribution < -0.4 is 21.3 Å². The van der Waals surface area contributed by atoms with Gasteiger partial charge in [0.25, 0.3) is 11.8 Å². The van der Waals surface area contributed by atoms with Crippen molar-refractivity contribution in [3.63, 3.8) is 0 Å². The summed E-state index contributed by atoms with van der Waals surface area (Å²) in [5.41, 5.74) is 3.92. The number of hydrogen-bond donors (Lipinski definition) is 6. The second-order valence-corrected chi connectivity index (χ2v) is 13.9. The monoisotopic (exact) mass is 824 g/mol. The molecule has 0 radical (unpaired) electrons. The van der Waals surface area contributed by atoms with Gasteiger partial charge in [-0.1, -0.05) is 47.5 Å². The van der Waals surface area contributed by atoms with Crippen molar-refractivity contribution in [2.75, 3.05) is 27.3 Å². The standard InChI is InChI=1S/C23H24ClN3O4.C20H18ClN3O3/c1-14(28)27-20(18-13-19(24)17-5-3-10-25-21(17)22(18)29)15-6-8-16(9-7-15)23(30)26-11-4-12-31-2;1-11(25)24-17(12-5-7-13(8-6-12)20(27)22-2)15-10-16(21)14-4-3-9-23-18(14)19(15)26/h3,5-10,13,20,29H,4,11-12H2,1-2H3,(H,26,30)(H,27,28);3-10,17,26H,1-2H3,(H,22,27)(H,24,25). The van der Waals surface area contributed by atoms with Gasteiger partial charge < -0.3 is 36.2 Å². The predicted molar refractivity (Wildman–Crippen MR) is 223 cm³/mol. The number of phenolic OH excluding ortho intramolecular Hbond substituents is 2. The minimum Gasteiger partial charge on any atom is -0.505 e. The maximum atomic E-state index is 12.3. The summed E-state index contributed by atoms with van der Waals surface area (Å²) < 4.78 is 4.97. The molecule has 2 unspecified atom stereocenters. The molecule has 6 N–H and O–H groups in total. The first-order valence-corrected chi connectivity index (χ1v) is 18.9. The van der Waals surface area contributed by atoms with Gasteiger partial charge in [0, 0.05) is 86.6 Å². The molecule has 0 saturated heterocycles. The third kappa shape index (κ3) is 10.2. The molecule has 2 atom stereocenters. The highest BCUT2D eigenvalue weighted by atomic mass is 35.5. The molecule has 13 nitrogen and oxygen atoms in total. The van der Waals surface area contributed by atoms with Crippen molar-refractivity contribution in [3.05, 3.63) is 141 Å². The van der Waals surface area contributed by atoms with E-state index in [2.05, 4.69) is 31.2 Å². The van der Waals surface area contributed by atoms with Crippen molar-refractivity contribution < 1.29 is 34.1 Å². The number of aromatic nitrogens is 2. The molecule has 0 aliphatic rings. The van der Waals surface area contributed by atoms with E-state index in [0.29, 0.717) is 78.4 Å². The molecule has 4 amide bonds. The third-order valence-corrected chi connectivity index (χ3v) is 9.68. The highest BCUT2D eigenvalue weighted by molar-refractivity contribution is 6.36. The van der Waals surface area contributed by atoms with Crippen molar-refractivity contribution in [1.82, 2.24) is 31.2 Å². The number of aromatic hydroxyl groups is 2. The topological polar surface area (TPSA) is 192 Å². The van der Waals surface area contributed by atoms with Crippen molar-refractivity contribution in [2.24, 2.45) is 0 Å². The van der Waals surface area contributed by atoms with E-state index in [0.717, 1.165) is 6.42 Å². The minimum atomic E-state index is -0.666. The van der Waals surface area contributed by atoms with Crippen LogP contribution in [0, 0.1) is 0 Å². The molecule has 0 aliphatic carbocycles. The number of nitrogens with zero attached hydrogens (tertiary/aromatic N) is 2. The van der Waals surface area contributed by atoms with Crippen molar-refractivity contribution >= 4 is 68.6 Å². The van der Waals surface area contributed by atoms with Crippen LogP contribution in [0.2, 0.25) is 10.0 Å². The molecule has 15 heteroatoms. The lowest BCUT2D eigenvalue weighted by Gasteiger charge is -2.21. The molecule has 6 rings (SSSR count). The summed E-state index contributed by atoms with van der Waals surface area (Å²) in [4.78, 5) is 56.1. The molecule has 58 heavy (non-hydrogen) atoms. The number of amides is 4. The van der Waals surface area contributed by atoms with Crippen LogP contribution in [0.25, 0.3) is 21.8 Å². The molecule has 0 fully saturated rings. The molecule has 2 heterocycles. The fourth-order valence-electron chi connectivity index (χ4n) is 6.26. The Kier molecular flexibility index (Phi) is 14.6. The average Bonchev–Trinajstić information content (AvgIpc) is 3.23. The average molecular weight is 826 g/mol. The number of fused-ring (bicyclic) bond motifs is 2. The van der Waals surface area contributed by atoms with Gasteiger partial charge in [0.2, 0.25) is 11.8 Å². The quantitative estimate of drug-likeness (QED) is 0.0724. The Morgan fingerprint density at radius 3 is 1.52 bits per heavy atom. The molecular formula is C43H42Cl2N6O7. The van der Waals surface area contributed by atoms with E-state index in [1.54, 1.807) is 111 Å². The zero-order chi connectivity index (χ0) is 41.9.